The maximum absolute atomic E-state index is 5.85. The van der Waals surface area contributed by atoms with E-state index in [-0.39, 0.29) is 0 Å². The van der Waals surface area contributed by atoms with Crippen LogP contribution in [-0.2, 0) is 9.47 Å². The molecule has 0 aromatic carbocycles. The van der Waals surface area contributed by atoms with Crippen molar-refractivity contribution in [2.45, 2.75) is 27.2 Å². The van der Waals surface area contributed by atoms with Gasteiger partial charge in [0.25, 0.3) is 0 Å². The smallest absolute Gasteiger partial charge is 0.180 e. The average Bonchev–Trinajstić information content (AvgIpc) is 2.82. The van der Waals surface area contributed by atoms with E-state index in [1.807, 2.05) is 69.5 Å². The molecule has 1 aliphatic rings. The summed E-state index contributed by atoms with van der Waals surface area (Å²) < 4.78 is 11.4. The first-order chi connectivity index (χ1) is 14.7. The number of hydrogen-bond acceptors (Lipinski definition) is 4. The van der Waals surface area contributed by atoms with Crippen LogP contribution >= 0.6 is 0 Å². The molecule has 1 rings (SSSR count). The SMILES string of the molecule is C=C.C=C/C(=C\C=C/CC)CN=C1/C(OCC)=C\O\C=C/C=C/C=C/C1=C(/C)NC. The van der Waals surface area contributed by atoms with Crippen LogP contribution in [0.4, 0.5) is 0 Å². The van der Waals surface area contributed by atoms with Crippen molar-refractivity contribution < 1.29 is 9.47 Å². The van der Waals surface area contributed by atoms with E-state index in [1.54, 1.807) is 12.5 Å². The summed E-state index contributed by atoms with van der Waals surface area (Å²) in [6, 6.07) is 0. The molecule has 1 aliphatic heterocycles. The molecule has 162 valence electrons. The van der Waals surface area contributed by atoms with Crippen molar-refractivity contribution in [2.75, 3.05) is 20.2 Å². The molecule has 0 aromatic rings. The molecule has 0 atom stereocenters. The van der Waals surface area contributed by atoms with E-state index in [0.717, 1.165) is 29.0 Å². The van der Waals surface area contributed by atoms with Crippen LogP contribution in [0, 0.1) is 0 Å². The lowest BCUT2D eigenvalue weighted by atomic mass is 10.1. The number of hydrogen-bond donors (Lipinski definition) is 1. The van der Waals surface area contributed by atoms with Gasteiger partial charge < -0.3 is 14.8 Å². The minimum absolute atomic E-state index is 0.483. The van der Waals surface area contributed by atoms with Crippen molar-refractivity contribution in [3.8, 4) is 0 Å². The summed E-state index contributed by atoms with van der Waals surface area (Å²) >= 11 is 0. The third-order valence-electron chi connectivity index (χ3n) is 3.86. The topological polar surface area (TPSA) is 42.9 Å². The Hall–Kier alpha value is -3.27. The van der Waals surface area contributed by atoms with Gasteiger partial charge in [0.05, 0.1) is 19.4 Å². The molecule has 1 N–H and O–H groups in total. The van der Waals surface area contributed by atoms with E-state index >= 15 is 0 Å². The first-order valence-corrected chi connectivity index (χ1v) is 10.1. The molecule has 0 aromatic heterocycles. The van der Waals surface area contributed by atoms with Crippen LogP contribution in [0.25, 0.3) is 0 Å². The van der Waals surface area contributed by atoms with Crippen LogP contribution in [0.2, 0.25) is 0 Å². The van der Waals surface area contributed by atoms with Crippen molar-refractivity contribution in [1.82, 2.24) is 5.32 Å². The van der Waals surface area contributed by atoms with Crippen LogP contribution < -0.4 is 5.32 Å². The molecular formula is C26H36N2O2. The van der Waals surface area contributed by atoms with E-state index in [9.17, 15) is 0 Å². The lowest BCUT2D eigenvalue weighted by Crippen LogP contribution is -2.16. The summed E-state index contributed by atoms with van der Waals surface area (Å²) in [4.78, 5) is 4.86. The highest BCUT2D eigenvalue weighted by Gasteiger charge is 2.16. The Balaban J connectivity index is 0.00000407. The lowest BCUT2D eigenvalue weighted by molar-refractivity contribution is 0.232. The molecule has 0 unspecified atom stereocenters. The zero-order valence-corrected chi connectivity index (χ0v) is 18.9. The third kappa shape index (κ3) is 10.3. The molecule has 30 heavy (non-hydrogen) atoms. The monoisotopic (exact) mass is 408 g/mol. The zero-order chi connectivity index (χ0) is 22.6. The van der Waals surface area contributed by atoms with Crippen LogP contribution in [0.15, 0.2) is 115 Å². The van der Waals surface area contributed by atoms with Gasteiger partial charge >= 0.3 is 0 Å². The minimum atomic E-state index is 0.483. The van der Waals surface area contributed by atoms with E-state index in [2.05, 4.69) is 38.1 Å². The minimum Gasteiger partial charge on any atom is -0.488 e. The van der Waals surface area contributed by atoms with Crippen molar-refractivity contribution in [3.63, 3.8) is 0 Å². The van der Waals surface area contributed by atoms with Gasteiger partial charge in [-0.25, -0.2) is 0 Å². The summed E-state index contributed by atoms with van der Waals surface area (Å²) in [5, 5.41) is 3.21. The molecule has 0 fully saturated rings. The first kappa shape index (κ1) is 26.7. The number of ether oxygens (including phenoxy) is 2. The van der Waals surface area contributed by atoms with Gasteiger partial charge in [-0.15, -0.1) is 13.2 Å². The van der Waals surface area contributed by atoms with Crippen LogP contribution in [0.5, 0.6) is 0 Å². The Morgan fingerprint density at radius 3 is 2.57 bits per heavy atom. The Morgan fingerprint density at radius 1 is 1.20 bits per heavy atom. The molecule has 0 aliphatic carbocycles. The molecule has 4 nitrogen and oxygen atoms in total. The number of rotatable bonds is 8. The quantitative estimate of drug-likeness (QED) is 0.377. The second-order valence-electron chi connectivity index (χ2n) is 5.86. The highest BCUT2D eigenvalue weighted by molar-refractivity contribution is 6.13. The van der Waals surface area contributed by atoms with Gasteiger partial charge in [0, 0.05) is 18.3 Å². The Bertz CT molecular complexity index is 760. The van der Waals surface area contributed by atoms with Crippen LogP contribution in [-0.4, -0.2) is 25.9 Å². The number of aliphatic imine (C=N–C) groups is 1. The molecule has 0 bridgehead atoms. The van der Waals surface area contributed by atoms with Crippen molar-refractivity contribution in [2.24, 2.45) is 4.99 Å². The van der Waals surface area contributed by atoms with Gasteiger partial charge in [-0.2, -0.15) is 0 Å². The van der Waals surface area contributed by atoms with E-state index in [1.165, 1.54) is 0 Å². The van der Waals surface area contributed by atoms with Crippen LogP contribution in [0.1, 0.15) is 27.2 Å². The summed E-state index contributed by atoms with van der Waals surface area (Å²) in [6.45, 7) is 16.9. The standard InChI is InChI=1S/C24H32N2O2.C2H4/c1-6-9-12-15-21(7-2)18-26-24-22(20(4)25-5)16-13-10-11-14-17-27-19-23(24)28-8-3;1-2/h7,9-17,19,25H,2,6,8,18H2,1,3-5H3;1-2H2/b11-10+,12-9-,16-13+,17-14-,21-15+,22-20+,23-19+,26-24?;. The van der Waals surface area contributed by atoms with Gasteiger partial charge in [0.1, 0.15) is 12.0 Å². The number of allylic oxidation sites excluding steroid dienone is 10. The van der Waals surface area contributed by atoms with Gasteiger partial charge in [-0.05, 0) is 31.9 Å². The molecule has 0 spiro atoms. The molecular weight excluding hydrogens is 372 g/mol. The van der Waals surface area contributed by atoms with Gasteiger partial charge in [-0.3, -0.25) is 4.99 Å². The maximum Gasteiger partial charge on any atom is 0.180 e. The first-order valence-electron chi connectivity index (χ1n) is 10.1. The number of nitrogens with one attached hydrogen (secondary N) is 1. The number of nitrogens with zero attached hydrogens (tertiary/aromatic N) is 1. The van der Waals surface area contributed by atoms with Crippen molar-refractivity contribution in [1.29, 1.82) is 0 Å². The Labute approximate surface area is 182 Å². The van der Waals surface area contributed by atoms with E-state index < -0.39 is 0 Å². The second kappa shape index (κ2) is 17.8. The van der Waals surface area contributed by atoms with Gasteiger partial charge in [0.2, 0.25) is 0 Å². The fourth-order valence-electron chi connectivity index (χ4n) is 2.28. The van der Waals surface area contributed by atoms with Crippen molar-refractivity contribution >= 4 is 5.71 Å². The van der Waals surface area contributed by atoms with Gasteiger partial charge in [0.15, 0.2) is 5.76 Å². The molecule has 0 saturated carbocycles. The highest BCUT2D eigenvalue weighted by Crippen LogP contribution is 2.17. The summed E-state index contributed by atoms with van der Waals surface area (Å²) in [6.07, 6.45) is 21.8. The predicted molar refractivity (Wildman–Crippen MR) is 131 cm³/mol. The lowest BCUT2D eigenvalue weighted by Gasteiger charge is -2.15. The molecule has 0 radical (unpaired) electrons. The largest absolute Gasteiger partial charge is 0.488 e. The second-order valence-corrected chi connectivity index (χ2v) is 5.86. The molecule has 0 saturated heterocycles. The van der Waals surface area contributed by atoms with Crippen LogP contribution in [0.3, 0.4) is 0 Å². The highest BCUT2D eigenvalue weighted by atomic mass is 16.5. The fraction of sp³-hybridized carbons (Fsp3) is 0.269. The molecule has 1 heterocycles. The van der Waals surface area contributed by atoms with Crippen molar-refractivity contribution in [3.05, 3.63) is 110 Å². The summed E-state index contributed by atoms with van der Waals surface area (Å²) in [5.41, 5.74) is 3.66. The predicted octanol–water partition coefficient (Wildman–Crippen LogP) is 6.34. The zero-order valence-electron chi connectivity index (χ0n) is 18.9. The summed E-state index contributed by atoms with van der Waals surface area (Å²) in [5.74, 6) is 0.579. The average molecular weight is 409 g/mol. The molecule has 0 amide bonds. The fourth-order valence-corrected chi connectivity index (χ4v) is 2.28. The summed E-state index contributed by atoms with van der Waals surface area (Å²) in [7, 11) is 1.89. The van der Waals surface area contributed by atoms with Gasteiger partial charge in [-0.1, -0.05) is 62.1 Å². The Kier molecular flexibility index (Phi) is 15.9. The molecule has 4 heteroatoms. The Morgan fingerprint density at radius 2 is 1.93 bits per heavy atom. The van der Waals surface area contributed by atoms with E-state index in [4.69, 9.17) is 14.5 Å². The third-order valence-corrected chi connectivity index (χ3v) is 3.86. The maximum atomic E-state index is 5.85. The normalized spacial score (nSPS) is 22.3. The van der Waals surface area contributed by atoms with E-state index in [0.29, 0.717) is 18.9 Å².